The quantitative estimate of drug-likeness (QED) is 0.448. The molecule has 2 fully saturated rings. The van der Waals surface area contributed by atoms with E-state index in [2.05, 4.69) is 11.9 Å². The number of carboxylic acids is 1. The second kappa shape index (κ2) is 15.7. The molecule has 0 aromatic carbocycles. The molecular formula is C25H45N3O6. The van der Waals surface area contributed by atoms with E-state index in [1.165, 1.54) is 64.2 Å². The van der Waals surface area contributed by atoms with Gasteiger partial charge in [0, 0.05) is 12.6 Å². The van der Waals surface area contributed by atoms with Gasteiger partial charge in [-0.2, -0.15) is 4.79 Å². The van der Waals surface area contributed by atoms with Gasteiger partial charge in [-0.15, -0.1) is 0 Å². The van der Waals surface area contributed by atoms with Gasteiger partial charge in [0.25, 0.3) is 0 Å². The Hall–Kier alpha value is -2.13. The predicted molar refractivity (Wildman–Crippen MR) is 128 cm³/mol. The number of ether oxygens (including phenoxy) is 2. The fraction of sp³-hybridized carbons (Fsp3) is 0.800. The van der Waals surface area contributed by atoms with Gasteiger partial charge in [0.15, 0.2) is 0 Å². The minimum atomic E-state index is -1.33. The molecule has 0 saturated heterocycles. The van der Waals surface area contributed by atoms with E-state index in [1.54, 1.807) is 26.8 Å². The van der Waals surface area contributed by atoms with Crippen LogP contribution >= 0.6 is 0 Å². The summed E-state index contributed by atoms with van der Waals surface area (Å²) in [4.78, 5) is 34.8. The summed E-state index contributed by atoms with van der Waals surface area (Å²) in [6, 6.07) is -0.0803. The highest BCUT2D eigenvalue weighted by Crippen LogP contribution is 2.20. The van der Waals surface area contributed by atoms with Crippen molar-refractivity contribution in [2.24, 2.45) is 5.73 Å². The lowest BCUT2D eigenvalue weighted by Gasteiger charge is -2.35. The molecule has 2 aliphatic rings. The van der Waals surface area contributed by atoms with Gasteiger partial charge in [0.2, 0.25) is 0 Å². The highest BCUT2D eigenvalue weighted by atomic mass is 16.6. The third kappa shape index (κ3) is 12.4. The minimum absolute atomic E-state index is 0.0290. The van der Waals surface area contributed by atoms with Gasteiger partial charge in [-0.1, -0.05) is 25.5 Å². The van der Waals surface area contributed by atoms with Crippen molar-refractivity contribution in [3.8, 4) is 0 Å². The SMILES string of the molecule is C=CCOC(=O)[NH+](C1CCCCC1)C1CCCCC1.CC(C)(C)OC(=O)NCCC(N)C(=O)[O-]. The van der Waals surface area contributed by atoms with Crippen molar-refractivity contribution in [1.29, 1.82) is 0 Å². The molecule has 0 radical (unpaired) electrons. The normalized spacial score (nSPS) is 18.3. The zero-order valence-corrected chi connectivity index (χ0v) is 21.2. The van der Waals surface area contributed by atoms with E-state index in [-0.39, 0.29) is 19.1 Å². The Morgan fingerprint density at radius 3 is 1.97 bits per heavy atom. The molecule has 2 aliphatic carbocycles. The van der Waals surface area contributed by atoms with Crippen LogP contribution in [0.15, 0.2) is 12.7 Å². The van der Waals surface area contributed by atoms with Crippen molar-refractivity contribution in [1.82, 2.24) is 5.32 Å². The lowest BCUT2D eigenvalue weighted by molar-refractivity contribution is -0.881. The van der Waals surface area contributed by atoms with Crippen LogP contribution in [0.3, 0.4) is 0 Å². The molecule has 1 unspecified atom stereocenters. The Labute approximate surface area is 204 Å². The van der Waals surface area contributed by atoms with Crippen LogP contribution in [0.4, 0.5) is 9.59 Å². The van der Waals surface area contributed by atoms with Crippen LogP contribution in [0, 0.1) is 0 Å². The highest BCUT2D eigenvalue weighted by Gasteiger charge is 2.38. The van der Waals surface area contributed by atoms with Crippen molar-refractivity contribution in [3.05, 3.63) is 12.7 Å². The maximum atomic E-state index is 12.4. The van der Waals surface area contributed by atoms with Crippen LogP contribution in [0.5, 0.6) is 0 Å². The van der Waals surface area contributed by atoms with Crippen molar-refractivity contribution in [2.75, 3.05) is 13.2 Å². The molecule has 0 heterocycles. The highest BCUT2D eigenvalue weighted by molar-refractivity contribution is 5.71. The molecule has 2 rings (SSSR count). The van der Waals surface area contributed by atoms with Gasteiger partial charge in [-0.25, -0.2) is 9.69 Å². The van der Waals surface area contributed by atoms with Gasteiger partial charge >= 0.3 is 12.2 Å². The molecule has 4 N–H and O–H groups in total. The summed E-state index contributed by atoms with van der Waals surface area (Å²) >= 11 is 0. The number of amides is 2. The molecule has 1 atom stereocenters. The molecule has 2 saturated carbocycles. The molecular weight excluding hydrogens is 438 g/mol. The number of hydrogen-bond donors (Lipinski definition) is 3. The first-order valence-electron chi connectivity index (χ1n) is 12.6. The van der Waals surface area contributed by atoms with Crippen LogP contribution in [0.2, 0.25) is 0 Å². The predicted octanol–water partition coefficient (Wildman–Crippen LogP) is 1.84. The first kappa shape index (κ1) is 29.9. The van der Waals surface area contributed by atoms with Gasteiger partial charge in [-0.3, -0.25) is 0 Å². The van der Waals surface area contributed by atoms with Gasteiger partial charge in [-0.05, 0) is 78.6 Å². The average molecular weight is 484 g/mol. The molecule has 9 heteroatoms. The zero-order chi connectivity index (χ0) is 25.6. The van der Waals surface area contributed by atoms with E-state index >= 15 is 0 Å². The number of aliphatic carboxylic acids is 1. The van der Waals surface area contributed by atoms with E-state index in [9.17, 15) is 19.5 Å². The second-order valence-electron chi connectivity index (χ2n) is 10.2. The minimum Gasteiger partial charge on any atom is -0.548 e. The van der Waals surface area contributed by atoms with Crippen LogP contribution in [0.25, 0.3) is 0 Å². The summed E-state index contributed by atoms with van der Waals surface area (Å²) in [6.45, 7) is 9.33. The van der Waals surface area contributed by atoms with Gasteiger partial charge in [0.1, 0.15) is 12.2 Å². The largest absolute Gasteiger partial charge is 0.548 e. The first-order valence-corrected chi connectivity index (χ1v) is 12.6. The Balaban J connectivity index is 0.000000352. The summed E-state index contributed by atoms with van der Waals surface area (Å²) in [6.07, 6.45) is 13.7. The number of hydrogen-bond acceptors (Lipinski definition) is 7. The van der Waals surface area contributed by atoms with E-state index in [0.29, 0.717) is 18.7 Å². The monoisotopic (exact) mass is 483 g/mol. The fourth-order valence-corrected chi connectivity index (χ4v) is 4.47. The van der Waals surface area contributed by atoms with Crippen molar-refractivity contribution in [3.63, 3.8) is 0 Å². The van der Waals surface area contributed by atoms with Gasteiger partial charge < -0.3 is 30.4 Å². The topological polar surface area (TPSA) is 135 Å². The Kier molecular flexibility index (Phi) is 13.8. The molecule has 0 aromatic heterocycles. The number of carboxylic acid groups (broad SMARTS) is 1. The molecule has 196 valence electrons. The molecule has 0 bridgehead atoms. The van der Waals surface area contributed by atoms with E-state index in [0.717, 1.165) is 4.90 Å². The number of nitrogens with one attached hydrogen (secondary N) is 2. The molecule has 34 heavy (non-hydrogen) atoms. The fourth-order valence-electron chi connectivity index (χ4n) is 4.47. The molecule has 0 aliphatic heterocycles. The third-order valence-electron chi connectivity index (χ3n) is 6.08. The van der Waals surface area contributed by atoms with Gasteiger partial charge in [0.05, 0.1) is 18.1 Å². The van der Waals surface area contributed by atoms with Crippen LogP contribution < -0.4 is 21.1 Å². The number of carbonyl (C=O) groups excluding carboxylic acids is 3. The van der Waals surface area contributed by atoms with Crippen LogP contribution in [0.1, 0.15) is 91.4 Å². The zero-order valence-electron chi connectivity index (χ0n) is 21.2. The average Bonchev–Trinajstić information content (AvgIpc) is 2.78. The Morgan fingerprint density at radius 2 is 1.56 bits per heavy atom. The summed E-state index contributed by atoms with van der Waals surface area (Å²) in [5, 5.41) is 12.6. The number of nitrogens with two attached hydrogens (primary N) is 1. The van der Waals surface area contributed by atoms with E-state index in [1.807, 2.05) is 0 Å². The second-order valence-corrected chi connectivity index (χ2v) is 10.2. The van der Waals surface area contributed by atoms with Crippen molar-refractivity contribution < 1.29 is 33.9 Å². The molecule has 9 nitrogen and oxygen atoms in total. The first-order chi connectivity index (χ1) is 16.0. The Morgan fingerprint density at radius 1 is 1.06 bits per heavy atom. The maximum absolute atomic E-state index is 12.4. The molecule has 2 amide bonds. The lowest BCUT2D eigenvalue weighted by Crippen LogP contribution is -3.21. The van der Waals surface area contributed by atoms with Crippen molar-refractivity contribution in [2.45, 2.75) is 115 Å². The summed E-state index contributed by atoms with van der Waals surface area (Å²) in [5.74, 6) is -1.33. The summed E-state index contributed by atoms with van der Waals surface area (Å²) in [5.41, 5.74) is 4.61. The summed E-state index contributed by atoms with van der Waals surface area (Å²) < 4.78 is 10.3. The molecule has 0 spiro atoms. The lowest BCUT2D eigenvalue weighted by atomic mass is 9.89. The standard InChI is InChI=1S/C16H27NO2.C9H18N2O4/c1-2-13-19-16(18)17(14-9-5-3-6-10-14)15-11-7-4-8-12-15;1-9(2,3)15-8(14)11-5-4-6(10)7(12)13/h2,14-15H,1,3-13H2;6H,4-5,10H2,1-3H3,(H,11,14)(H,12,13). The van der Waals surface area contributed by atoms with E-state index in [4.69, 9.17) is 15.2 Å². The Bertz CT molecular complexity index is 619. The van der Waals surface area contributed by atoms with E-state index < -0.39 is 23.7 Å². The summed E-state index contributed by atoms with van der Waals surface area (Å²) in [7, 11) is 0. The number of quaternary nitrogens is 1. The van der Waals surface area contributed by atoms with Crippen LogP contribution in [-0.2, 0) is 14.3 Å². The van der Waals surface area contributed by atoms with Crippen LogP contribution in [-0.4, -0.2) is 55.0 Å². The number of rotatable bonds is 8. The smallest absolute Gasteiger partial charge is 0.515 e. The number of carbonyl (C=O) groups is 3. The number of alkyl carbamates (subject to hydrolysis) is 3. The third-order valence-corrected chi connectivity index (χ3v) is 6.08. The maximum Gasteiger partial charge on any atom is 0.515 e. The van der Waals surface area contributed by atoms with Crippen molar-refractivity contribution >= 4 is 18.2 Å². The molecule has 0 aromatic rings.